The molecule has 1 saturated heterocycles. The Hall–Kier alpha value is -3.33. The van der Waals surface area contributed by atoms with Crippen LogP contribution in [0, 0.1) is 6.92 Å². The standard InChI is InChI=1S/C32H33ClF3N3O2/c1-22-6-8-23(9-7-22)20-39-21-27(25-4-2-3-5-30(25)39)26(24-10-11-29(33)28(18-24)32(34,35)36)19-31(40)37-12-13-38-14-16-41-17-15-38/h2-11,18,21,26H,12-17,19-20H2,1H3,(H,37,40). The van der Waals surface area contributed by atoms with E-state index in [1.165, 1.54) is 6.07 Å². The Bertz CT molecular complexity index is 1490. The zero-order valence-corrected chi connectivity index (χ0v) is 23.6. The number of ether oxygens (including phenoxy) is 1. The van der Waals surface area contributed by atoms with Gasteiger partial charge >= 0.3 is 6.18 Å². The van der Waals surface area contributed by atoms with E-state index in [-0.39, 0.29) is 17.4 Å². The first-order chi connectivity index (χ1) is 19.7. The van der Waals surface area contributed by atoms with Crippen LogP contribution >= 0.6 is 11.6 Å². The highest BCUT2D eigenvalue weighted by atomic mass is 35.5. The molecule has 9 heteroatoms. The van der Waals surface area contributed by atoms with Gasteiger partial charge in [0.25, 0.3) is 0 Å². The van der Waals surface area contributed by atoms with Crippen LogP contribution < -0.4 is 5.32 Å². The number of aryl methyl sites for hydroxylation is 1. The van der Waals surface area contributed by atoms with Gasteiger partial charge in [0.15, 0.2) is 0 Å². The number of nitrogens with one attached hydrogen (secondary N) is 1. The summed E-state index contributed by atoms with van der Waals surface area (Å²) in [6.07, 6.45) is -2.64. The molecule has 0 bridgehead atoms. The van der Waals surface area contributed by atoms with Crippen molar-refractivity contribution in [3.05, 3.63) is 106 Å². The smallest absolute Gasteiger partial charge is 0.379 e. The third-order valence-corrected chi connectivity index (χ3v) is 7.94. The van der Waals surface area contributed by atoms with Crippen molar-refractivity contribution in [3.63, 3.8) is 0 Å². The molecule has 0 spiro atoms. The van der Waals surface area contributed by atoms with Crippen LogP contribution in [-0.2, 0) is 22.3 Å². The molecule has 1 atom stereocenters. The van der Waals surface area contributed by atoms with Crippen LogP contribution in [-0.4, -0.2) is 54.8 Å². The molecule has 1 fully saturated rings. The topological polar surface area (TPSA) is 46.5 Å². The lowest BCUT2D eigenvalue weighted by molar-refractivity contribution is -0.137. The van der Waals surface area contributed by atoms with Crippen LogP contribution in [0.5, 0.6) is 0 Å². The number of carbonyl (C=O) groups excluding carboxylic acids is 1. The molecule has 41 heavy (non-hydrogen) atoms. The molecule has 1 N–H and O–H groups in total. The minimum absolute atomic E-state index is 0.000575. The number of rotatable bonds is 9. The van der Waals surface area contributed by atoms with Crippen LogP contribution in [0.4, 0.5) is 13.2 Å². The van der Waals surface area contributed by atoms with Crippen LogP contribution in [0.1, 0.15) is 40.2 Å². The Morgan fingerprint density at radius 3 is 2.51 bits per heavy atom. The molecule has 3 aromatic carbocycles. The zero-order chi connectivity index (χ0) is 29.0. The van der Waals surface area contributed by atoms with Crippen LogP contribution in [0.3, 0.4) is 0 Å². The van der Waals surface area contributed by atoms with E-state index in [1.54, 1.807) is 6.07 Å². The van der Waals surface area contributed by atoms with Gasteiger partial charge in [-0.15, -0.1) is 0 Å². The molecule has 5 rings (SSSR count). The molecule has 0 radical (unpaired) electrons. The van der Waals surface area contributed by atoms with Crippen molar-refractivity contribution in [2.75, 3.05) is 39.4 Å². The quantitative estimate of drug-likeness (QED) is 0.240. The number of halogens is 4. The fourth-order valence-corrected chi connectivity index (χ4v) is 5.62. The fraction of sp³-hybridized carbons (Fsp3) is 0.344. The predicted octanol–water partition coefficient (Wildman–Crippen LogP) is 6.64. The van der Waals surface area contributed by atoms with Gasteiger partial charge in [-0.3, -0.25) is 9.69 Å². The lowest BCUT2D eigenvalue weighted by Crippen LogP contribution is -2.41. The van der Waals surface area contributed by atoms with Crippen LogP contribution in [0.25, 0.3) is 10.9 Å². The average molecular weight is 584 g/mol. The first-order valence-corrected chi connectivity index (χ1v) is 14.1. The van der Waals surface area contributed by atoms with Gasteiger partial charge in [0.1, 0.15) is 0 Å². The first-order valence-electron chi connectivity index (χ1n) is 13.8. The maximum absolute atomic E-state index is 13.8. The van der Waals surface area contributed by atoms with E-state index in [1.807, 2.05) is 37.4 Å². The summed E-state index contributed by atoms with van der Waals surface area (Å²) >= 11 is 5.96. The van der Waals surface area contributed by atoms with Crippen molar-refractivity contribution >= 4 is 28.4 Å². The van der Waals surface area contributed by atoms with Gasteiger partial charge in [-0.25, -0.2) is 0 Å². The lowest BCUT2D eigenvalue weighted by atomic mass is 9.87. The second-order valence-electron chi connectivity index (χ2n) is 10.5. The Morgan fingerprint density at radius 1 is 1.05 bits per heavy atom. The molecule has 4 aromatic rings. The number of carbonyl (C=O) groups is 1. The summed E-state index contributed by atoms with van der Waals surface area (Å²) in [5.41, 5.74) is 3.50. The van der Waals surface area contributed by atoms with Crippen molar-refractivity contribution in [2.45, 2.75) is 32.0 Å². The second kappa shape index (κ2) is 12.7. The van der Waals surface area contributed by atoms with Crippen molar-refractivity contribution in [1.82, 2.24) is 14.8 Å². The van der Waals surface area contributed by atoms with Gasteiger partial charge in [0.2, 0.25) is 5.91 Å². The SMILES string of the molecule is Cc1ccc(Cn2cc(C(CC(=O)NCCN3CCOCC3)c3ccc(Cl)c(C(F)(F)F)c3)c3ccccc32)cc1. The van der Waals surface area contributed by atoms with E-state index < -0.39 is 17.7 Å². The summed E-state index contributed by atoms with van der Waals surface area (Å²) in [5.74, 6) is -0.831. The van der Waals surface area contributed by atoms with Gasteiger partial charge < -0.3 is 14.6 Å². The van der Waals surface area contributed by atoms with E-state index in [9.17, 15) is 18.0 Å². The molecule has 0 saturated carbocycles. The highest BCUT2D eigenvalue weighted by Crippen LogP contribution is 2.40. The fourth-order valence-electron chi connectivity index (χ4n) is 5.39. The zero-order valence-electron chi connectivity index (χ0n) is 22.9. The molecule has 1 aliphatic rings. The number of benzene rings is 3. The van der Waals surface area contributed by atoms with Gasteiger partial charge in [0, 0.05) is 62.2 Å². The Balaban J connectivity index is 1.48. The average Bonchev–Trinajstić information content (AvgIpc) is 3.31. The van der Waals surface area contributed by atoms with Gasteiger partial charge in [-0.05, 0) is 41.8 Å². The number of aromatic nitrogens is 1. The van der Waals surface area contributed by atoms with Gasteiger partial charge in [-0.1, -0.05) is 65.7 Å². The van der Waals surface area contributed by atoms with Crippen LogP contribution in [0.2, 0.25) is 5.02 Å². The van der Waals surface area contributed by atoms with Crippen molar-refractivity contribution in [1.29, 1.82) is 0 Å². The van der Waals surface area contributed by atoms with E-state index in [0.717, 1.165) is 46.7 Å². The van der Waals surface area contributed by atoms with E-state index in [2.05, 4.69) is 39.0 Å². The Morgan fingerprint density at radius 2 is 1.78 bits per heavy atom. The largest absolute Gasteiger partial charge is 0.417 e. The van der Waals surface area contributed by atoms with E-state index in [0.29, 0.717) is 38.4 Å². The number of hydrogen-bond donors (Lipinski definition) is 1. The number of fused-ring (bicyclic) bond motifs is 1. The molecule has 2 heterocycles. The maximum Gasteiger partial charge on any atom is 0.417 e. The number of morpholine rings is 1. The third kappa shape index (κ3) is 7.12. The minimum Gasteiger partial charge on any atom is -0.379 e. The molecule has 0 aliphatic carbocycles. The number of amides is 1. The first kappa shape index (κ1) is 29.2. The third-order valence-electron chi connectivity index (χ3n) is 7.61. The summed E-state index contributed by atoms with van der Waals surface area (Å²) in [7, 11) is 0. The molecule has 1 unspecified atom stereocenters. The van der Waals surface area contributed by atoms with E-state index in [4.69, 9.17) is 16.3 Å². The number of para-hydroxylation sites is 1. The Kier molecular flexibility index (Phi) is 9.02. The molecule has 216 valence electrons. The van der Waals surface area contributed by atoms with Gasteiger partial charge in [-0.2, -0.15) is 13.2 Å². The molecular formula is C32H33ClF3N3O2. The number of alkyl halides is 3. The molecule has 5 nitrogen and oxygen atoms in total. The monoisotopic (exact) mass is 583 g/mol. The summed E-state index contributed by atoms with van der Waals surface area (Å²) < 4.78 is 49.0. The van der Waals surface area contributed by atoms with Gasteiger partial charge in [0.05, 0.1) is 23.8 Å². The summed E-state index contributed by atoms with van der Waals surface area (Å²) in [5, 5.41) is 3.51. The van der Waals surface area contributed by atoms with Crippen molar-refractivity contribution < 1.29 is 22.7 Å². The van der Waals surface area contributed by atoms with E-state index >= 15 is 0 Å². The molecule has 1 aromatic heterocycles. The normalized spacial score (nSPS) is 15.2. The molecule has 1 amide bonds. The number of nitrogens with zero attached hydrogens (tertiary/aromatic N) is 2. The van der Waals surface area contributed by atoms with Crippen LogP contribution in [0.15, 0.2) is 72.9 Å². The molecular weight excluding hydrogens is 551 g/mol. The predicted molar refractivity (Wildman–Crippen MR) is 155 cm³/mol. The van der Waals surface area contributed by atoms with Crippen molar-refractivity contribution in [2.24, 2.45) is 0 Å². The minimum atomic E-state index is -4.61. The summed E-state index contributed by atoms with van der Waals surface area (Å²) in [6.45, 7) is 6.72. The summed E-state index contributed by atoms with van der Waals surface area (Å²) in [4.78, 5) is 15.5. The highest BCUT2D eigenvalue weighted by molar-refractivity contribution is 6.31. The molecule has 1 aliphatic heterocycles. The highest BCUT2D eigenvalue weighted by Gasteiger charge is 2.34. The maximum atomic E-state index is 13.8. The lowest BCUT2D eigenvalue weighted by Gasteiger charge is -2.26. The van der Waals surface area contributed by atoms with Crippen molar-refractivity contribution in [3.8, 4) is 0 Å². The summed E-state index contributed by atoms with van der Waals surface area (Å²) in [6, 6.07) is 20.0. The number of hydrogen-bond acceptors (Lipinski definition) is 3. The Labute approximate surface area is 242 Å². The second-order valence-corrected chi connectivity index (χ2v) is 10.9.